The number of nitrogen functional groups attached to an aromatic ring is 1. The molecule has 268 valence electrons. The van der Waals surface area contributed by atoms with Crippen LogP contribution in [-0.4, -0.2) is 46.9 Å². The number of amidine groups is 1. The van der Waals surface area contributed by atoms with E-state index in [2.05, 4.69) is 16.0 Å². The molecule has 15 heteroatoms. The summed E-state index contributed by atoms with van der Waals surface area (Å²) in [5, 5.41) is 24.5. The van der Waals surface area contributed by atoms with Crippen LogP contribution < -0.4 is 21.7 Å². The zero-order valence-electron chi connectivity index (χ0n) is 26.9. The topological polar surface area (TPSA) is 174 Å². The van der Waals surface area contributed by atoms with Gasteiger partial charge in [0.25, 0.3) is 0 Å². The van der Waals surface area contributed by atoms with Gasteiger partial charge in [0.05, 0.1) is 0 Å². The van der Waals surface area contributed by atoms with Crippen molar-refractivity contribution >= 4 is 52.7 Å². The quantitative estimate of drug-likeness (QED) is 0.0783. The fourth-order valence-electron chi connectivity index (χ4n) is 5.40. The first kappa shape index (κ1) is 39.8. The molecule has 3 aromatic carbocycles. The van der Waals surface area contributed by atoms with Gasteiger partial charge in [0.1, 0.15) is 17.8 Å². The average Bonchev–Trinajstić information content (AvgIpc) is 3.08. The Morgan fingerprint density at radius 1 is 0.800 bits per heavy atom. The Kier molecular flexibility index (Phi) is 15.1. The number of alkyl halides is 3. The van der Waals surface area contributed by atoms with Crippen LogP contribution in [-0.2, 0) is 38.7 Å². The number of carboxylic acids is 1. The van der Waals surface area contributed by atoms with Gasteiger partial charge < -0.3 is 26.8 Å². The third-order valence-electron chi connectivity index (χ3n) is 7.98. The fourth-order valence-corrected chi connectivity index (χ4v) is 5.97. The van der Waals surface area contributed by atoms with Crippen LogP contribution in [0.5, 0.6) is 0 Å². The predicted molar refractivity (Wildman–Crippen MR) is 183 cm³/mol. The molecular formula is C35H38Cl2F3N5O5. The van der Waals surface area contributed by atoms with Gasteiger partial charge in [0.2, 0.25) is 17.7 Å². The van der Waals surface area contributed by atoms with E-state index >= 15 is 0 Å². The number of carbonyl (C=O) groups excluding carboxylic acids is 3. The molecule has 1 aliphatic carbocycles. The lowest BCUT2D eigenvalue weighted by molar-refractivity contribution is -0.192. The maximum Gasteiger partial charge on any atom is 0.490 e. The maximum atomic E-state index is 13.9. The number of hydrogen-bond donors (Lipinski definition) is 6. The van der Waals surface area contributed by atoms with E-state index in [9.17, 15) is 27.6 Å². The van der Waals surface area contributed by atoms with Gasteiger partial charge in [0, 0.05) is 28.7 Å². The number of aliphatic carboxylic acids is 1. The van der Waals surface area contributed by atoms with E-state index in [1.165, 1.54) is 0 Å². The Morgan fingerprint density at radius 2 is 1.34 bits per heavy atom. The number of carboxylic acid groups (broad SMARTS) is 1. The summed E-state index contributed by atoms with van der Waals surface area (Å²) in [6.07, 6.45) is -0.335. The second-order valence-electron chi connectivity index (χ2n) is 11.8. The highest BCUT2D eigenvalue weighted by Crippen LogP contribution is 2.27. The van der Waals surface area contributed by atoms with Crippen LogP contribution >= 0.6 is 23.2 Å². The molecule has 1 fully saturated rings. The first-order chi connectivity index (χ1) is 23.6. The first-order valence-corrected chi connectivity index (χ1v) is 16.5. The minimum absolute atomic E-state index is 0.0523. The Hall–Kier alpha value is -4.62. The van der Waals surface area contributed by atoms with Crippen molar-refractivity contribution in [3.8, 4) is 0 Å². The number of nitrogens with two attached hydrogens (primary N) is 1. The Bertz CT molecular complexity index is 1620. The molecule has 2 atom stereocenters. The molecule has 0 spiro atoms. The van der Waals surface area contributed by atoms with Crippen LogP contribution in [0.15, 0.2) is 72.8 Å². The van der Waals surface area contributed by atoms with Gasteiger partial charge in [-0.15, -0.1) is 0 Å². The Morgan fingerprint density at radius 3 is 1.88 bits per heavy atom. The first-order valence-electron chi connectivity index (χ1n) is 15.7. The van der Waals surface area contributed by atoms with E-state index < -0.39 is 35.9 Å². The number of amides is 3. The van der Waals surface area contributed by atoms with E-state index in [1.807, 2.05) is 30.3 Å². The highest BCUT2D eigenvalue weighted by molar-refractivity contribution is 6.34. The highest BCUT2D eigenvalue weighted by Gasteiger charge is 2.38. The molecule has 3 amide bonds. The summed E-state index contributed by atoms with van der Waals surface area (Å²) in [5.41, 5.74) is 8.52. The number of nitrogens with one attached hydrogen (secondary N) is 4. The summed E-state index contributed by atoms with van der Waals surface area (Å²) in [6, 6.07) is 20.6. The molecular weight excluding hydrogens is 698 g/mol. The minimum Gasteiger partial charge on any atom is -0.475 e. The van der Waals surface area contributed by atoms with Crippen molar-refractivity contribution in [2.45, 2.75) is 63.8 Å². The summed E-state index contributed by atoms with van der Waals surface area (Å²) in [4.78, 5) is 49.8. The smallest absolute Gasteiger partial charge is 0.475 e. The molecule has 0 heterocycles. The molecule has 50 heavy (non-hydrogen) atoms. The Labute approximate surface area is 297 Å². The molecule has 0 bridgehead atoms. The van der Waals surface area contributed by atoms with E-state index in [0.717, 1.165) is 48.8 Å². The van der Waals surface area contributed by atoms with Crippen LogP contribution in [0.3, 0.4) is 0 Å². The summed E-state index contributed by atoms with van der Waals surface area (Å²) >= 11 is 12.3. The second kappa shape index (κ2) is 19.0. The molecule has 1 unspecified atom stereocenters. The van der Waals surface area contributed by atoms with Gasteiger partial charge in [-0.25, -0.2) is 4.79 Å². The zero-order valence-corrected chi connectivity index (χ0v) is 28.4. The van der Waals surface area contributed by atoms with Crippen molar-refractivity contribution < 1.29 is 37.5 Å². The van der Waals surface area contributed by atoms with Crippen molar-refractivity contribution in [1.82, 2.24) is 16.0 Å². The number of benzene rings is 3. The van der Waals surface area contributed by atoms with Crippen LogP contribution in [0.2, 0.25) is 10.0 Å². The zero-order chi connectivity index (χ0) is 36.8. The van der Waals surface area contributed by atoms with Gasteiger partial charge >= 0.3 is 12.1 Å². The minimum atomic E-state index is -5.08. The van der Waals surface area contributed by atoms with E-state index in [0.29, 0.717) is 15.6 Å². The van der Waals surface area contributed by atoms with Crippen LogP contribution in [0.25, 0.3) is 0 Å². The Balaban J connectivity index is 0.000000872. The van der Waals surface area contributed by atoms with Crippen LogP contribution in [0.1, 0.15) is 54.4 Å². The van der Waals surface area contributed by atoms with Gasteiger partial charge in [-0.1, -0.05) is 97.1 Å². The second-order valence-corrected chi connectivity index (χ2v) is 12.6. The molecule has 0 aromatic heterocycles. The molecule has 0 aliphatic heterocycles. The molecule has 3 aromatic rings. The molecule has 0 saturated heterocycles. The molecule has 4 rings (SSSR count). The summed E-state index contributed by atoms with van der Waals surface area (Å²) in [5.74, 6) is -5.23. The average molecular weight is 737 g/mol. The van der Waals surface area contributed by atoms with Crippen LogP contribution in [0.4, 0.5) is 13.2 Å². The van der Waals surface area contributed by atoms with E-state index in [-0.39, 0.29) is 37.2 Å². The maximum absolute atomic E-state index is 13.9. The van der Waals surface area contributed by atoms with Crippen molar-refractivity contribution in [1.29, 1.82) is 5.41 Å². The molecule has 1 aliphatic rings. The summed E-state index contributed by atoms with van der Waals surface area (Å²) in [7, 11) is 0. The third-order valence-corrected chi connectivity index (χ3v) is 8.42. The lowest BCUT2D eigenvalue weighted by Gasteiger charge is -2.31. The molecule has 0 radical (unpaired) electrons. The SMILES string of the molecule is N=C(N)c1ccc(CC(C(=O)NCc2ccccc2)C(=O)N[C@H](C(=O)NCc2cc(Cl)cc(Cl)c2)C2CCCCC2)cc1.O=C(O)C(F)(F)F. The fraction of sp³-hybridized carbons (Fsp3) is 0.343. The normalized spacial score (nSPS) is 14.3. The lowest BCUT2D eigenvalue weighted by Crippen LogP contribution is -2.54. The highest BCUT2D eigenvalue weighted by atomic mass is 35.5. The van der Waals surface area contributed by atoms with Gasteiger partial charge in [-0.3, -0.25) is 19.8 Å². The van der Waals surface area contributed by atoms with Gasteiger partial charge in [-0.05, 0) is 60.1 Å². The van der Waals surface area contributed by atoms with Gasteiger partial charge in [-0.2, -0.15) is 13.2 Å². The number of rotatable bonds is 12. The lowest BCUT2D eigenvalue weighted by atomic mass is 9.83. The number of carbonyl (C=O) groups is 4. The monoisotopic (exact) mass is 735 g/mol. The molecule has 1 saturated carbocycles. The van der Waals surface area contributed by atoms with Crippen molar-refractivity contribution in [3.63, 3.8) is 0 Å². The van der Waals surface area contributed by atoms with Crippen molar-refractivity contribution in [2.75, 3.05) is 0 Å². The third kappa shape index (κ3) is 13.0. The number of hydrogen-bond acceptors (Lipinski definition) is 5. The van der Waals surface area contributed by atoms with Crippen molar-refractivity contribution in [2.24, 2.45) is 17.6 Å². The van der Waals surface area contributed by atoms with E-state index in [1.54, 1.807) is 42.5 Å². The number of halogens is 5. The van der Waals surface area contributed by atoms with E-state index in [4.69, 9.17) is 44.2 Å². The summed E-state index contributed by atoms with van der Waals surface area (Å²) < 4.78 is 31.7. The van der Waals surface area contributed by atoms with Gasteiger partial charge in [0.15, 0.2) is 0 Å². The largest absolute Gasteiger partial charge is 0.490 e. The standard InChI is InChI=1S/C33H37Cl2N5O3.C2HF3O2/c34-26-15-23(16-27(35)18-26)20-39-33(43)29(24-9-5-2-6-10-24)40-32(42)28(17-21-11-13-25(14-12-21)30(36)37)31(41)38-19-22-7-3-1-4-8-22;3-2(4,5)1(6)7/h1,3-4,7-8,11-16,18,24,28-29H,2,5-6,9-10,17,19-20H2,(H3,36,37)(H,38,41)(H,39,43)(H,40,42);(H,6,7)/t28?,29-;/m0./s1. The molecule has 7 N–H and O–H groups in total. The predicted octanol–water partition coefficient (Wildman–Crippen LogP) is 5.77. The summed E-state index contributed by atoms with van der Waals surface area (Å²) in [6.45, 7) is 0.461. The van der Waals surface area contributed by atoms with Crippen molar-refractivity contribution in [3.05, 3.63) is 105 Å². The van der Waals surface area contributed by atoms with Crippen LogP contribution in [0, 0.1) is 17.2 Å². The molecule has 10 nitrogen and oxygen atoms in total.